The summed E-state index contributed by atoms with van der Waals surface area (Å²) in [6.07, 6.45) is 4.81. The van der Waals surface area contributed by atoms with Crippen LogP contribution in [0.4, 0.5) is 0 Å². The predicted octanol–water partition coefficient (Wildman–Crippen LogP) is 2.39. The van der Waals surface area contributed by atoms with Crippen molar-refractivity contribution in [1.29, 1.82) is 0 Å². The van der Waals surface area contributed by atoms with Crippen LogP contribution in [0.25, 0.3) is 0 Å². The van der Waals surface area contributed by atoms with Gasteiger partial charge in [0.2, 0.25) is 15.9 Å². The summed E-state index contributed by atoms with van der Waals surface area (Å²) in [6, 6.07) is 6.85. The number of carbonyl (C=O) groups excluding carboxylic acids is 1. The fraction of sp³-hybridized carbons (Fsp3) is 0.611. The maximum atomic E-state index is 12.2. The van der Waals surface area contributed by atoms with E-state index in [0.717, 1.165) is 19.5 Å². The second kappa shape index (κ2) is 10.3. The average molecular weight is 402 g/mol. The average Bonchev–Trinajstić information content (AvgIpc) is 2.60. The van der Waals surface area contributed by atoms with E-state index in [0.29, 0.717) is 12.6 Å². The minimum Gasteiger partial charge on any atom is -0.356 e. The lowest BCUT2D eigenvalue weighted by Gasteiger charge is -2.33. The molecular formula is C18H28ClN3O3S. The Morgan fingerprint density at radius 2 is 2.04 bits per heavy atom. The van der Waals surface area contributed by atoms with Crippen LogP contribution in [0.2, 0.25) is 5.02 Å². The van der Waals surface area contributed by atoms with Gasteiger partial charge >= 0.3 is 0 Å². The molecule has 0 aliphatic carbocycles. The molecule has 1 aromatic rings. The number of amides is 1. The fourth-order valence-electron chi connectivity index (χ4n) is 3.13. The van der Waals surface area contributed by atoms with E-state index >= 15 is 0 Å². The number of hydrogen-bond acceptors (Lipinski definition) is 4. The SMILES string of the molecule is CC1CCCCN1CCCNC(=O)CCNS(=O)(=O)c1ccccc1Cl. The molecule has 1 amide bonds. The van der Waals surface area contributed by atoms with Crippen LogP contribution in [-0.4, -0.2) is 51.4 Å². The van der Waals surface area contributed by atoms with Crippen LogP contribution >= 0.6 is 11.6 Å². The fourth-order valence-corrected chi connectivity index (χ4v) is 4.68. The smallest absolute Gasteiger partial charge is 0.242 e. The molecule has 0 saturated carbocycles. The second-order valence-corrected chi connectivity index (χ2v) is 8.81. The predicted molar refractivity (Wildman–Crippen MR) is 104 cm³/mol. The molecule has 0 spiro atoms. The lowest BCUT2D eigenvalue weighted by Crippen LogP contribution is -2.39. The molecule has 146 valence electrons. The molecule has 8 heteroatoms. The quantitative estimate of drug-likeness (QED) is 0.623. The van der Waals surface area contributed by atoms with Crippen LogP contribution in [0.1, 0.15) is 39.0 Å². The van der Waals surface area contributed by atoms with Crippen molar-refractivity contribution >= 4 is 27.5 Å². The molecule has 1 unspecified atom stereocenters. The Balaban J connectivity index is 1.63. The molecule has 2 N–H and O–H groups in total. The number of carbonyl (C=O) groups is 1. The number of likely N-dealkylation sites (tertiary alicyclic amines) is 1. The highest BCUT2D eigenvalue weighted by Gasteiger charge is 2.18. The van der Waals surface area contributed by atoms with Gasteiger partial charge < -0.3 is 10.2 Å². The first kappa shape index (κ1) is 21.2. The van der Waals surface area contributed by atoms with E-state index in [2.05, 4.69) is 21.9 Å². The van der Waals surface area contributed by atoms with E-state index < -0.39 is 10.0 Å². The first-order chi connectivity index (χ1) is 12.4. The van der Waals surface area contributed by atoms with E-state index in [1.165, 1.54) is 31.4 Å². The standard InChI is InChI=1S/C18H28ClN3O3S/c1-15-7-4-5-13-22(15)14-6-11-20-18(23)10-12-21-26(24,25)17-9-3-2-8-16(17)19/h2-3,8-9,15,21H,4-7,10-14H2,1H3,(H,20,23). The van der Waals surface area contributed by atoms with Crippen molar-refractivity contribution in [1.82, 2.24) is 14.9 Å². The Morgan fingerprint density at radius 1 is 1.27 bits per heavy atom. The minimum absolute atomic E-state index is 0.0257. The third-order valence-corrected chi connectivity index (χ3v) is 6.62. The zero-order chi connectivity index (χ0) is 19.0. The van der Waals surface area contributed by atoms with E-state index in [4.69, 9.17) is 11.6 Å². The lowest BCUT2D eigenvalue weighted by molar-refractivity contribution is -0.120. The van der Waals surface area contributed by atoms with E-state index in [9.17, 15) is 13.2 Å². The van der Waals surface area contributed by atoms with Crippen molar-refractivity contribution in [3.05, 3.63) is 29.3 Å². The van der Waals surface area contributed by atoms with E-state index in [1.54, 1.807) is 12.1 Å². The van der Waals surface area contributed by atoms with Crippen molar-refractivity contribution in [2.45, 2.75) is 50.0 Å². The van der Waals surface area contributed by atoms with Gasteiger partial charge in [0.25, 0.3) is 0 Å². The highest BCUT2D eigenvalue weighted by molar-refractivity contribution is 7.89. The van der Waals surface area contributed by atoms with Crippen LogP contribution in [0.5, 0.6) is 0 Å². The number of sulfonamides is 1. The number of nitrogens with zero attached hydrogens (tertiary/aromatic N) is 1. The minimum atomic E-state index is -3.70. The van der Waals surface area contributed by atoms with Crippen LogP contribution in [0.3, 0.4) is 0 Å². The number of benzene rings is 1. The topological polar surface area (TPSA) is 78.5 Å². The molecule has 0 bridgehead atoms. The summed E-state index contributed by atoms with van der Waals surface area (Å²) in [4.78, 5) is 14.4. The van der Waals surface area contributed by atoms with Gasteiger partial charge in [0.05, 0.1) is 5.02 Å². The van der Waals surface area contributed by atoms with Crippen molar-refractivity contribution < 1.29 is 13.2 Å². The number of piperidine rings is 1. The van der Waals surface area contributed by atoms with Gasteiger partial charge in [-0.2, -0.15) is 0 Å². The molecule has 1 heterocycles. The molecule has 1 aliphatic heterocycles. The van der Waals surface area contributed by atoms with Crippen LogP contribution in [0, 0.1) is 0 Å². The summed E-state index contributed by atoms with van der Waals surface area (Å²) >= 11 is 5.91. The highest BCUT2D eigenvalue weighted by Crippen LogP contribution is 2.20. The lowest BCUT2D eigenvalue weighted by atomic mass is 10.0. The van der Waals surface area contributed by atoms with Crippen molar-refractivity contribution in [2.24, 2.45) is 0 Å². The van der Waals surface area contributed by atoms with Gasteiger partial charge in [0, 0.05) is 32.1 Å². The summed E-state index contributed by atoms with van der Waals surface area (Å²) in [7, 11) is -3.70. The van der Waals surface area contributed by atoms with Crippen LogP contribution in [0.15, 0.2) is 29.2 Å². The maximum Gasteiger partial charge on any atom is 0.242 e. The zero-order valence-corrected chi connectivity index (χ0v) is 16.8. The van der Waals surface area contributed by atoms with Crippen molar-refractivity contribution in [3.63, 3.8) is 0 Å². The summed E-state index contributed by atoms with van der Waals surface area (Å²) in [5.41, 5.74) is 0. The molecule has 1 atom stereocenters. The third kappa shape index (κ3) is 6.54. The van der Waals surface area contributed by atoms with Crippen LogP contribution in [-0.2, 0) is 14.8 Å². The molecule has 1 aliphatic rings. The summed E-state index contributed by atoms with van der Waals surface area (Å²) in [5.74, 6) is -0.154. The molecule has 6 nitrogen and oxygen atoms in total. The monoisotopic (exact) mass is 401 g/mol. The number of rotatable bonds is 9. The maximum absolute atomic E-state index is 12.2. The van der Waals surface area contributed by atoms with Crippen molar-refractivity contribution in [3.8, 4) is 0 Å². The van der Waals surface area contributed by atoms with Gasteiger partial charge in [-0.25, -0.2) is 13.1 Å². The largest absolute Gasteiger partial charge is 0.356 e. The molecular weight excluding hydrogens is 374 g/mol. The Kier molecular flexibility index (Phi) is 8.34. The molecule has 0 aromatic heterocycles. The first-order valence-corrected chi connectivity index (χ1v) is 11.0. The number of hydrogen-bond donors (Lipinski definition) is 2. The van der Waals surface area contributed by atoms with Gasteiger partial charge in [0.15, 0.2) is 0 Å². The Labute approximate surface area is 161 Å². The molecule has 2 rings (SSSR count). The van der Waals surface area contributed by atoms with Gasteiger partial charge in [-0.05, 0) is 44.9 Å². The molecule has 0 radical (unpaired) electrons. The Bertz CT molecular complexity index is 697. The highest BCUT2D eigenvalue weighted by atomic mass is 35.5. The Hall–Kier alpha value is -1.15. The summed E-state index contributed by atoms with van der Waals surface area (Å²) < 4.78 is 26.7. The summed E-state index contributed by atoms with van der Waals surface area (Å²) in [6.45, 7) is 5.03. The van der Waals surface area contributed by atoms with E-state index in [1.807, 2.05) is 0 Å². The molecule has 1 fully saturated rings. The Morgan fingerprint density at radius 3 is 2.77 bits per heavy atom. The van der Waals surface area contributed by atoms with Gasteiger partial charge in [-0.3, -0.25) is 4.79 Å². The van der Waals surface area contributed by atoms with Gasteiger partial charge in [-0.15, -0.1) is 0 Å². The molecule has 1 saturated heterocycles. The first-order valence-electron chi connectivity index (χ1n) is 9.15. The third-order valence-electron chi connectivity index (χ3n) is 4.66. The number of nitrogens with one attached hydrogen (secondary N) is 2. The normalized spacial score (nSPS) is 18.6. The van der Waals surface area contributed by atoms with E-state index in [-0.39, 0.29) is 28.8 Å². The molecule has 26 heavy (non-hydrogen) atoms. The summed E-state index contributed by atoms with van der Waals surface area (Å²) in [5, 5.41) is 3.01. The van der Waals surface area contributed by atoms with Gasteiger partial charge in [0.1, 0.15) is 4.90 Å². The number of halogens is 1. The molecule has 1 aromatic carbocycles. The van der Waals surface area contributed by atoms with Crippen molar-refractivity contribution in [2.75, 3.05) is 26.2 Å². The zero-order valence-electron chi connectivity index (χ0n) is 15.2. The second-order valence-electron chi connectivity index (χ2n) is 6.66. The van der Waals surface area contributed by atoms with Crippen LogP contribution < -0.4 is 10.0 Å². The van der Waals surface area contributed by atoms with Gasteiger partial charge in [-0.1, -0.05) is 30.2 Å².